The average molecular weight is 455 g/mol. The largest absolute Gasteiger partial charge is 0.409 e. The van der Waals surface area contributed by atoms with Crippen LogP contribution in [0.1, 0.15) is 48.0 Å². The summed E-state index contributed by atoms with van der Waals surface area (Å²) < 4.78 is 18.8. The van der Waals surface area contributed by atoms with E-state index in [1.54, 1.807) is 7.11 Å². The van der Waals surface area contributed by atoms with E-state index in [1.165, 1.54) is 12.5 Å². The molecule has 0 unspecified atom stereocenters. The lowest BCUT2D eigenvalue weighted by atomic mass is 9.91. The Morgan fingerprint density at radius 1 is 1.21 bits per heavy atom. The third-order valence-electron chi connectivity index (χ3n) is 5.53. The van der Waals surface area contributed by atoms with Crippen LogP contribution >= 0.6 is 0 Å². The molecule has 3 aromatic rings. The number of nitrogens with one attached hydrogen (secondary N) is 2. The van der Waals surface area contributed by atoms with Crippen molar-refractivity contribution in [3.63, 3.8) is 0 Å². The van der Waals surface area contributed by atoms with Crippen molar-refractivity contribution in [1.29, 1.82) is 0 Å². The molecule has 3 heterocycles. The maximum Gasteiger partial charge on any atom is 0.309 e. The van der Waals surface area contributed by atoms with Crippen LogP contribution in [0.3, 0.4) is 0 Å². The number of carbonyl (C=O) groups excluding carboxylic acids is 1. The summed E-state index contributed by atoms with van der Waals surface area (Å²) in [6, 6.07) is 12.3. The Morgan fingerprint density at radius 3 is 2.55 bits per heavy atom. The summed E-state index contributed by atoms with van der Waals surface area (Å²) in [6.45, 7) is 6.31. The van der Waals surface area contributed by atoms with E-state index in [2.05, 4.69) is 22.8 Å². The van der Waals surface area contributed by atoms with E-state index in [0.29, 0.717) is 19.1 Å². The molecule has 178 valence electrons. The number of ether oxygens (including phenoxy) is 3. The van der Waals surface area contributed by atoms with Crippen molar-refractivity contribution in [1.82, 2.24) is 14.7 Å². The summed E-state index contributed by atoms with van der Waals surface area (Å²) in [7, 11) is 5.41. The predicted octanol–water partition coefficient (Wildman–Crippen LogP) is 3.97. The molecular weight excluding hydrogens is 420 g/mol. The third-order valence-corrected chi connectivity index (χ3v) is 5.53. The smallest absolute Gasteiger partial charge is 0.309 e. The van der Waals surface area contributed by atoms with Gasteiger partial charge in [-0.05, 0) is 33.5 Å². The van der Waals surface area contributed by atoms with Crippen LogP contribution < -0.4 is 15.4 Å². The minimum absolute atomic E-state index is 0.0759. The first-order valence-corrected chi connectivity index (χ1v) is 11.1. The molecule has 0 bridgehead atoms. The number of aryl methyl sites for hydroxylation is 2. The van der Waals surface area contributed by atoms with Crippen molar-refractivity contribution in [2.24, 2.45) is 0 Å². The fourth-order valence-electron chi connectivity index (χ4n) is 3.98. The summed E-state index contributed by atoms with van der Waals surface area (Å²) >= 11 is 0. The zero-order valence-electron chi connectivity index (χ0n) is 20.3. The average Bonchev–Trinajstić information content (AvgIpc) is 3.10. The molecule has 2 atom stereocenters. The molecule has 8 heteroatoms. The SMILES string of the molecule is CNC.COCCO[C@@H]1C[C@H](c2ccccc2)Nc2c1cc(OC(C)=O)n1c(C)c(C)nc21. The Bertz CT molecular complexity index is 1080. The number of anilines is 1. The molecule has 4 rings (SSSR count). The third kappa shape index (κ3) is 5.52. The number of imidazole rings is 1. The standard InChI is InChI=1S/C23H27N3O4.C2H7N/c1-14-15(2)26-21(30-16(3)27)12-18-20(29-11-10-28-4)13-19(17-8-6-5-7-9-17)25-22(18)23(26)24-14;1-3-2/h5-9,12,19-20,25H,10-11,13H2,1-4H3;3H,1-2H3/t19-,20-;/m1./s1. The first-order chi connectivity index (χ1) is 15.9. The Morgan fingerprint density at radius 2 is 1.91 bits per heavy atom. The number of pyridine rings is 1. The van der Waals surface area contributed by atoms with Crippen LogP contribution in [0.5, 0.6) is 5.88 Å². The molecule has 0 saturated heterocycles. The number of rotatable bonds is 6. The Labute approximate surface area is 195 Å². The zero-order chi connectivity index (χ0) is 24.0. The minimum Gasteiger partial charge on any atom is -0.409 e. The lowest BCUT2D eigenvalue weighted by Gasteiger charge is -2.34. The van der Waals surface area contributed by atoms with Crippen LogP contribution in [-0.2, 0) is 14.3 Å². The van der Waals surface area contributed by atoms with Gasteiger partial charge in [-0.15, -0.1) is 0 Å². The van der Waals surface area contributed by atoms with Gasteiger partial charge in [0.05, 0.1) is 36.7 Å². The Hall–Kier alpha value is -2.94. The molecule has 1 aromatic carbocycles. The van der Waals surface area contributed by atoms with Gasteiger partial charge < -0.3 is 24.8 Å². The Kier molecular flexibility index (Phi) is 8.43. The highest BCUT2D eigenvalue weighted by atomic mass is 16.5. The summed E-state index contributed by atoms with van der Waals surface area (Å²) in [5.74, 6) is 0.0828. The molecule has 33 heavy (non-hydrogen) atoms. The van der Waals surface area contributed by atoms with Crippen molar-refractivity contribution in [2.45, 2.75) is 39.3 Å². The van der Waals surface area contributed by atoms with Gasteiger partial charge in [-0.3, -0.25) is 9.20 Å². The van der Waals surface area contributed by atoms with Crippen LogP contribution in [0, 0.1) is 13.8 Å². The predicted molar refractivity (Wildman–Crippen MR) is 129 cm³/mol. The fourth-order valence-corrected chi connectivity index (χ4v) is 3.98. The number of methoxy groups -OCH3 is 1. The number of esters is 1. The van der Waals surface area contributed by atoms with Crippen LogP contribution in [0.25, 0.3) is 5.65 Å². The molecule has 0 saturated carbocycles. The van der Waals surface area contributed by atoms with Crippen LogP contribution in [-0.4, -0.2) is 49.8 Å². The molecule has 0 aliphatic carbocycles. The summed E-state index contributed by atoms with van der Waals surface area (Å²) in [5, 5.41) is 6.41. The van der Waals surface area contributed by atoms with E-state index in [9.17, 15) is 4.79 Å². The highest BCUT2D eigenvalue weighted by Gasteiger charge is 2.32. The van der Waals surface area contributed by atoms with Gasteiger partial charge in [-0.25, -0.2) is 4.98 Å². The minimum atomic E-state index is -0.371. The van der Waals surface area contributed by atoms with Crippen LogP contribution in [0.4, 0.5) is 5.69 Å². The zero-order valence-corrected chi connectivity index (χ0v) is 20.3. The second-order valence-electron chi connectivity index (χ2n) is 8.04. The molecule has 2 aromatic heterocycles. The summed E-state index contributed by atoms with van der Waals surface area (Å²) in [5.41, 5.74) is 5.59. The van der Waals surface area contributed by atoms with E-state index in [1.807, 2.05) is 56.6 Å². The van der Waals surface area contributed by atoms with E-state index in [-0.39, 0.29) is 18.1 Å². The molecular formula is C25H34N4O4. The second-order valence-corrected chi connectivity index (χ2v) is 8.04. The van der Waals surface area contributed by atoms with E-state index < -0.39 is 0 Å². The van der Waals surface area contributed by atoms with Crippen molar-refractivity contribution in [3.8, 4) is 5.88 Å². The number of benzene rings is 1. The number of aromatic nitrogens is 2. The van der Waals surface area contributed by atoms with E-state index in [0.717, 1.165) is 34.7 Å². The molecule has 2 N–H and O–H groups in total. The molecule has 8 nitrogen and oxygen atoms in total. The number of nitrogens with zero attached hydrogens (tertiary/aromatic N) is 2. The molecule has 1 aliphatic rings. The van der Waals surface area contributed by atoms with Gasteiger partial charge in [0, 0.05) is 37.8 Å². The van der Waals surface area contributed by atoms with Crippen molar-refractivity contribution < 1.29 is 19.0 Å². The molecule has 1 aliphatic heterocycles. The van der Waals surface area contributed by atoms with Crippen LogP contribution in [0.2, 0.25) is 0 Å². The van der Waals surface area contributed by atoms with Gasteiger partial charge in [0.25, 0.3) is 0 Å². The number of hydrogen-bond acceptors (Lipinski definition) is 7. The molecule has 0 fully saturated rings. The number of hydrogen-bond donors (Lipinski definition) is 2. The Balaban J connectivity index is 0.000000968. The maximum atomic E-state index is 11.8. The number of carbonyl (C=O) groups is 1. The first kappa shape index (κ1) is 24.7. The van der Waals surface area contributed by atoms with Gasteiger partial charge in [0.1, 0.15) is 0 Å². The highest BCUT2D eigenvalue weighted by Crippen LogP contribution is 2.44. The van der Waals surface area contributed by atoms with Gasteiger partial charge in [-0.2, -0.15) is 0 Å². The van der Waals surface area contributed by atoms with Crippen molar-refractivity contribution in [3.05, 3.63) is 58.9 Å². The maximum absolute atomic E-state index is 11.8. The molecule has 0 spiro atoms. The highest BCUT2D eigenvalue weighted by molar-refractivity contribution is 5.78. The second kappa shape index (κ2) is 11.3. The lowest BCUT2D eigenvalue weighted by Crippen LogP contribution is -2.25. The normalized spacial score (nSPS) is 17.0. The van der Waals surface area contributed by atoms with Gasteiger partial charge >= 0.3 is 5.97 Å². The van der Waals surface area contributed by atoms with Gasteiger partial charge in [-0.1, -0.05) is 30.3 Å². The fraction of sp³-hybridized carbons (Fsp3) is 0.440. The van der Waals surface area contributed by atoms with Crippen molar-refractivity contribution >= 4 is 17.3 Å². The lowest BCUT2D eigenvalue weighted by molar-refractivity contribution is -0.132. The monoisotopic (exact) mass is 454 g/mol. The summed E-state index contributed by atoms with van der Waals surface area (Å²) in [4.78, 5) is 16.5. The number of fused-ring (bicyclic) bond motifs is 3. The topological polar surface area (TPSA) is 86.1 Å². The van der Waals surface area contributed by atoms with Gasteiger partial charge in [0.2, 0.25) is 5.88 Å². The molecule has 0 amide bonds. The van der Waals surface area contributed by atoms with Crippen LogP contribution in [0.15, 0.2) is 36.4 Å². The van der Waals surface area contributed by atoms with Gasteiger partial charge in [0.15, 0.2) is 5.65 Å². The first-order valence-electron chi connectivity index (χ1n) is 11.1. The quantitative estimate of drug-likeness (QED) is 0.430. The van der Waals surface area contributed by atoms with E-state index >= 15 is 0 Å². The van der Waals surface area contributed by atoms with E-state index in [4.69, 9.17) is 19.2 Å². The van der Waals surface area contributed by atoms with Crippen molar-refractivity contribution in [2.75, 3.05) is 39.7 Å². The molecule has 0 radical (unpaired) electrons. The summed E-state index contributed by atoms with van der Waals surface area (Å²) in [6.07, 6.45) is 0.563.